The Labute approximate surface area is 189 Å². The Morgan fingerprint density at radius 1 is 1.03 bits per heavy atom. The summed E-state index contributed by atoms with van der Waals surface area (Å²) in [5.41, 5.74) is 1.44. The molecule has 170 valence electrons. The summed E-state index contributed by atoms with van der Waals surface area (Å²) in [6.45, 7) is 7.68. The summed E-state index contributed by atoms with van der Waals surface area (Å²) >= 11 is 0. The number of carbonyl (C=O) groups is 2. The molecule has 6 heteroatoms. The van der Waals surface area contributed by atoms with Crippen LogP contribution in [0.5, 0.6) is 0 Å². The van der Waals surface area contributed by atoms with Crippen molar-refractivity contribution in [2.45, 2.75) is 44.8 Å². The van der Waals surface area contributed by atoms with Gasteiger partial charge in [0.15, 0.2) is 0 Å². The topological polar surface area (TPSA) is 67.9 Å². The predicted molar refractivity (Wildman–Crippen MR) is 122 cm³/mol. The fourth-order valence-electron chi connectivity index (χ4n) is 5.00. The molecule has 2 fully saturated rings. The maximum atomic E-state index is 12.6. The van der Waals surface area contributed by atoms with Crippen molar-refractivity contribution >= 4 is 12.2 Å². The van der Waals surface area contributed by atoms with Crippen molar-refractivity contribution < 1.29 is 19.1 Å². The van der Waals surface area contributed by atoms with E-state index in [2.05, 4.69) is 17.4 Å². The average molecular weight is 437 g/mol. The lowest BCUT2D eigenvalue weighted by atomic mass is 9.91. The predicted octanol–water partition coefficient (Wildman–Crippen LogP) is 4.74. The van der Waals surface area contributed by atoms with E-state index in [1.165, 1.54) is 5.56 Å². The van der Waals surface area contributed by atoms with Gasteiger partial charge in [0.05, 0.1) is 0 Å². The van der Waals surface area contributed by atoms with E-state index in [9.17, 15) is 9.59 Å². The van der Waals surface area contributed by atoms with Gasteiger partial charge in [-0.05, 0) is 50.2 Å². The van der Waals surface area contributed by atoms with Gasteiger partial charge in [-0.3, -0.25) is 0 Å². The van der Waals surface area contributed by atoms with Gasteiger partial charge in [-0.25, -0.2) is 9.59 Å². The van der Waals surface area contributed by atoms with Crippen molar-refractivity contribution in [1.82, 2.24) is 10.2 Å². The number of piperidine rings is 1. The normalized spacial score (nSPS) is 24.3. The third-order valence-electron chi connectivity index (χ3n) is 6.53. The Morgan fingerprint density at radius 3 is 2.34 bits per heavy atom. The number of alkyl carbamates (subject to hydrolysis) is 1. The first-order chi connectivity index (χ1) is 15.3. The lowest BCUT2D eigenvalue weighted by molar-refractivity contribution is 0.0206. The maximum absolute atomic E-state index is 12.6. The monoisotopic (exact) mass is 436 g/mol. The second kappa shape index (κ2) is 8.85. The first-order valence-electron chi connectivity index (χ1n) is 11.3. The van der Waals surface area contributed by atoms with Gasteiger partial charge in [-0.2, -0.15) is 0 Å². The Bertz CT molecular complexity index is 941. The number of fused-ring (bicyclic) bond motifs is 1. The van der Waals surface area contributed by atoms with Gasteiger partial charge in [-0.1, -0.05) is 60.7 Å². The highest BCUT2D eigenvalue weighted by Crippen LogP contribution is 2.63. The highest BCUT2D eigenvalue weighted by atomic mass is 16.6. The highest BCUT2D eigenvalue weighted by molar-refractivity contribution is 5.69. The van der Waals surface area contributed by atoms with E-state index in [4.69, 9.17) is 9.47 Å². The standard InChI is InChI=1S/C26H32N2O4/c1-25(2,3)32-24(30)28-15-14-21-22(16-28)26(21,20-12-8-5-9-13-20)18-27-23(29)31-17-19-10-6-4-7-11-19/h4-13,21-22H,14-18H2,1-3H3,(H,27,29). The third kappa shape index (κ3) is 4.74. The second-order valence-electron chi connectivity index (χ2n) is 9.75. The van der Waals surface area contributed by atoms with Crippen LogP contribution in [0.4, 0.5) is 9.59 Å². The Kier molecular flexibility index (Phi) is 6.13. The summed E-state index contributed by atoms with van der Waals surface area (Å²) in [6, 6.07) is 19.9. The van der Waals surface area contributed by atoms with Crippen molar-refractivity contribution in [3.63, 3.8) is 0 Å². The lowest BCUT2D eigenvalue weighted by Gasteiger charge is -2.29. The molecule has 0 radical (unpaired) electrons. The van der Waals surface area contributed by atoms with Crippen LogP contribution in [-0.4, -0.2) is 42.3 Å². The van der Waals surface area contributed by atoms with E-state index >= 15 is 0 Å². The van der Waals surface area contributed by atoms with Crippen LogP contribution in [0.15, 0.2) is 60.7 Å². The van der Waals surface area contributed by atoms with Crippen LogP contribution in [-0.2, 0) is 21.5 Å². The minimum absolute atomic E-state index is 0.191. The molecule has 1 aliphatic heterocycles. The smallest absolute Gasteiger partial charge is 0.410 e. The molecule has 3 atom stereocenters. The SMILES string of the molecule is CC(C)(C)OC(=O)N1CCC2C(C1)C2(CNC(=O)OCc1ccccc1)c1ccccc1. The van der Waals surface area contributed by atoms with Gasteiger partial charge in [-0.15, -0.1) is 0 Å². The van der Waals surface area contributed by atoms with Gasteiger partial charge in [0.2, 0.25) is 0 Å². The van der Waals surface area contributed by atoms with Gasteiger partial charge >= 0.3 is 12.2 Å². The molecular formula is C26H32N2O4. The lowest BCUT2D eigenvalue weighted by Crippen LogP contribution is -2.41. The molecule has 32 heavy (non-hydrogen) atoms. The molecule has 2 amide bonds. The van der Waals surface area contributed by atoms with Crippen molar-refractivity contribution in [1.29, 1.82) is 0 Å². The van der Waals surface area contributed by atoms with Crippen LogP contribution in [0, 0.1) is 11.8 Å². The Hall–Kier alpha value is -3.02. The van der Waals surface area contributed by atoms with Gasteiger partial charge in [0.25, 0.3) is 0 Å². The van der Waals surface area contributed by atoms with Crippen LogP contribution < -0.4 is 5.32 Å². The average Bonchev–Trinajstić information content (AvgIpc) is 3.44. The number of nitrogens with one attached hydrogen (secondary N) is 1. The number of carbonyl (C=O) groups excluding carboxylic acids is 2. The fraction of sp³-hybridized carbons (Fsp3) is 0.462. The van der Waals surface area contributed by atoms with Crippen LogP contribution in [0.25, 0.3) is 0 Å². The Morgan fingerprint density at radius 2 is 1.69 bits per heavy atom. The molecule has 2 aromatic rings. The van der Waals surface area contributed by atoms with Gasteiger partial charge < -0.3 is 19.7 Å². The molecule has 1 N–H and O–H groups in total. The van der Waals surface area contributed by atoms with E-state index in [0.29, 0.717) is 25.6 Å². The molecule has 1 aliphatic carbocycles. The van der Waals surface area contributed by atoms with Crippen molar-refractivity contribution in [3.8, 4) is 0 Å². The molecule has 1 saturated carbocycles. The summed E-state index contributed by atoms with van der Waals surface area (Å²) < 4.78 is 11.0. The summed E-state index contributed by atoms with van der Waals surface area (Å²) in [6.07, 6.45) is 0.205. The number of hydrogen-bond donors (Lipinski definition) is 1. The van der Waals surface area contributed by atoms with Crippen molar-refractivity contribution in [2.24, 2.45) is 11.8 Å². The third-order valence-corrected chi connectivity index (χ3v) is 6.53. The summed E-state index contributed by atoms with van der Waals surface area (Å²) in [5, 5.41) is 3.00. The molecule has 0 spiro atoms. The van der Waals surface area contributed by atoms with Crippen LogP contribution in [0.2, 0.25) is 0 Å². The number of ether oxygens (including phenoxy) is 2. The number of rotatable bonds is 5. The zero-order valence-corrected chi connectivity index (χ0v) is 19.0. The minimum atomic E-state index is -0.516. The molecule has 3 unspecified atom stereocenters. The molecular weight excluding hydrogens is 404 g/mol. The zero-order chi connectivity index (χ0) is 22.8. The van der Waals surface area contributed by atoms with E-state index < -0.39 is 11.7 Å². The number of hydrogen-bond acceptors (Lipinski definition) is 4. The van der Waals surface area contributed by atoms with Crippen molar-refractivity contribution in [2.75, 3.05) is 19.6 Å². The zero-order valence-electron chi connectivity index (χ0n) is 19.0. The first-order valence-corrected chi connectivity index (χ1v) is 11.3. The summed E-state index contributed by atoms with van der Waals surface area (Å²) in [7, 11) is 0. The second-order valence-corrected chi connectivity index (χ2v) is 9.75. The van der Waals surface area contributed by atoms with Crippen molar-refractivity contribution in [3.05, 3.63) is 71.8 Å². The quantitative estimate of drug-likeness (QED) is 0.735. The fourth-order valence-corrected chi connectivity index (χ4v) is 5.00. The van der Waals surface area contributed by atoms with E-state index in [0.717, 1.165) is 12.0 Å². The molecule has 0 bridgehead atoms. The number of nitrogens with zero attached hydrogens (tertiary/aromatic N) is 1. The molecule has 0 aromatic heterocycles. The molecule has 2 aromatic carbocycles. The number of amides is 2. The highest BCUT2D eigenvalue weighted by Gasteiger charge is 2.66. The molecule has 6 nitrogen and oxygen atoms in total. The Balaban J connectivity index is 1.42. The first kappa shape index (κ1) is 22.2. The molecule has 2 aliphatic rings. The number of likely N-dealkylation sites (tertiary alicyclic amines) is 1. The summed E-state index contributed by atoms with van der Waals surface area (Å²) in [5.74, 6) is 0.693. The maximum Gasteiger partial charge on any atom is 0.410 e. The van der Waals surface area contributed by atoms with Crippen LogP contribution in [0.3, 0.4) is 0 Å². The molecule has 1 saturated heterocycles. The summed E-state index contributed by atoms with van der Waals surface area (Å²) in [4.78, 5) is 26.9. The van der Waals surface area contributed by atoms with E-state index in [1.807, 2.05) is 74.2 Å². The van der Waals surface area contributed by atoms with Crippen LogP contribution >= 0.6 is 0 Å². The van der Waals surface area contributed by atoms with E-state index in [1.54, 1.807) is 0 Å². The molecule has 1 heterocycles. The minimum Gasteiger partial charge on any atom is -0.445 e. The number of benzene rings is 2. The van der Waals surface area contributed by atoms with Crippen LogP contribution in [0.1, 0.15) is 38.3 Å². The van der Waals surface area contributed by atoms with E-state index in [-0.39, 0.29) is 24.0 Å². The van der Waals surface area contributed by atoms with Gasteiger partial charge in [0.1, 0.15) is 12.2 Å². The van der Waals surface area contributed by atoms with Gasteiger partial charge in [0, 0.05) is 25.0 Å². The molecule has 4 rings (SSSR count). The largest absolute Gasteiger partial charge is 0.445 e.